The molecule has 2 rings (SSSR count). The van der Waals surface area contributed by atoms with E-state index >= 15 is 0 Å². The second kappa shape index (κ2) is 5.13. The number of benzene rings is 2. The van der Waals surface area contributed by atoms with Crippen LogP contribution in [0.5, 0.6) is 0 Å². The van der Waals surface area contributed by atoms with Gasteiger partial charge in [-0.15, -0.1) is 0 Å². The second-order valence-electron chi connectivity index (χ2n) is 3.53. The van der Waals surface area contributed by atoms with E-state index in [4.69, 9.17) is 5.73 Å². The fourth-order valence-corrected chi connectivity index (χ4v) is 2.42. The van der Waals surface area contributed by atoms with Crippen LogP contribution >= 0.6 is 31.9 Å². The van der Waals surface area contributed by atoms with E-state index in [-0.39, 0.29) is 0 Å². The number of halogens is 2. The van der Waals surface area contributed by atoms with Crippen LogP contribution in [0, 0.1) is 0 Å². The molecule has 0 saturated heterocycles. The third-order valence-corrected chi connectivity index (χ3v) is 3.59. The van der Waals surface area contributed by atoms with Crippen molar-refractivity contribution >= 4 is 31.9 Å². The molecule has 0 heterocycles. The van der Waals surface area contributed by atoms with Crippen molar-refractivity contribution in [3.63, 3.8) is 0 Å². The summed E-state index contributed by atoms with van der Waals surface area (Å²) in [6.45, 7) is 0.569. The first-order valence-electron chi connectivity index (χ1n) is 4.95. The summed E-state index contributed by atoms with van der Waals surface area (Å²) in [6.07, 6.45) is 0. The largest absolute Gasteiger partial charge is 0.326 e. The minimum Gasteiger partial charge on any atom is -0.326 e. The zero-order valence-electron chi connectivity index (χ0n) is 8.58. The third kappa shape index (κ3) is 2.54. The van der Waals surface area contributed by atoms with E-state index in [0.29, 0.717) is 6.54 Å². The predicted octanol–water partition coefficient (Wildman–Crippen LogP) is 4.34. The van der Waals surface area contributed by atoms with Crippen molar-refractivity contribution in [2.45, 2.75) is 6.54 Å². The fourth-order valence-electron chi connectivity index (χ4n) is 1.58. The van der Waals surface area contributed by atoms with Crippen molar-refractivity contribution in [2.24, 2.45) is 5.73 Å². The molecule has 0 aromatic heterocycles. The molecule has 2 aromatic carbocycles. The van der Waals surface area contributed by atoms with Crippen LogP contribution in [0.3, 0.4) is 0 Å². The van der Waals surface area contributed by atoms with Gasteiger partial charge < -0.3 is 5.73 Å². The lowest BCUT2D eigenvalue weighted by atomic mass is 10.0. The highest BCUT2D eigenvalue weighted by molar-refractivity contribution is 9.11. The summed E-state index contributed by atoms with van der Waals surface area (Å²) in [5.41, 5.74) is 9.13. The van der Waals surface area contributed by atoms with Gasteiger partial charge in [0.05, 0.1) is 0 Å². The molecular formula is C13H11Br2N. The van der Waals surface area contributed by atoms with Crippen molar-refractivity contribution in [1.29, 1.82) is 0 Å². The first-order valence-corrected chi connectivity index (χ1v) is 6.54. The van der Waals surface area contributed by atoms with Crippen LogP contribution in [-0.2, 0) is 6.54 Å². The summed E-state index contributed by atoms with van der Waals surface area (Å²) in [6, 6.07) is 14.4. The standard InChI is InChI=1S/C13H11Br2N/c14-11-4-5-13(15)12(7-11)10-3-1-2-9(6-10)8-16/h1-7H,8,16H2. The zero-order valence-corrected chi connectivity index (χ0v) is 11.8. The zero-order chi connectivity index (χ0) is 11.5. The van der Waals surface area contributed by atoms with Crippen molar-refractivity contribution in [2.75, 3.05) is 0 Å². The van der Waals surface area contributed by atoms with Gasteiger partial charge in [-0.2, -0.15) is 0 Å². The molecule has 1 nitrogen and oxygen atoms in total. The van der Waals surface area contributed by atoms with Gasteiger partial charge in [0.15, 0.2) is 0 Å². The summed E-state index contributed by atoms with van der Waals surface area (Å²) < 4.78 is 2.16. The van der Waals surface area contributed by atoms with Crippen molar-refractivity contribution in [1.82, 2.24) is 0 Å². The maximum atomic E-state index is 5.64. The molecule has 0 unspecified atom stereocenters. The molecule has 0 radical (unpaired) electrons. The highest BCUT2D eigenvalue weighted by atomic mass is 79.9. The summed E-state index contributed by atoms with van der Waals surface area (Å²) >= 11 is 7.05. The Bertz CT molecular complexity index is 509. The van der Waals surface area contributed by atoms with Crippen LogP contribution in [0.4, 0.5) is 0 Å². The topological polar surface area (TPSA) is 26.0 Å². The number of nitrogens with two attached hydrogens (primary N) is 1. The lowest BCUT2D eigenvalue weighted by Crippen LogP contribution is -1.95. The van der Waals surface area contributed by atoms with Gasteiger partial charge in [-0.1, -0.05) is 50.1 Å². The predicted molar refractivity (Wildman–Crippen MR) is 75.2 cm³/mol. The molecular weight excluding hydrogens is 330 g/mol. The van der Waals surface area contributed by atoms with Crippen LogP contribution in [0.15, 0.2) is 51.4 Å². The monoisotopic (exact) mass is 339 g/mol. The first kappa shape index (κ1) is 11.8. The normalized spacial score (nSPS) is 10.4. The number of hydrogen-bond donors (Lipinski definition) is 1. The van der Waals surface area contributed by atoms with Gasteiger partial charge in [0.1, 0.15) is 0 Å². The lowest BCUT2D eigenvalue weighted by Gasteiger charge is -2.07. The lowest BCUT2D eigenvalue weighted by molar-refractivity contribution is 1.07. The van der Waals surface area contributed by atoms with Crippen LogP contribution in [0.2, 0.25) is 0 Å². The maximum Gasteiger partial charge on any atom is 0.0254 e. The molecule has 0 fully saturated rings. The third-order valence-electron chi connectivity index (χ3n) is 2.40. The van der Waals surface area contributed by atoms with Crippen LogP contribution in [-0.4, -0.2) is 0 Å². The molecule has 0 saturated carbocycles. The Balaban J connectivity index is 2.53. The van der Waals surface area contributed by atoms with Crippen LogP contribution < -0.4 is 5.73 Å². The Morgan fingerprint density at radius 2 is 1.81 bits per heavy atom. The minimum absolute atomic E-state index is 0.569. The number of rotatable bonds is 2. The summed E-state index contributed by atoms with van der Waals surface area (Å²) in [5, 5.41) is 0. The SMILES string of the molecule is NCc1cccc(-c2cc(Br)ccc2Br)c1. The van der Waals surface area contributed by atoms with Gasteiger partial charge in [0.25, 0.3) is 0 Å². The summed E-state index contributed by atoms with van der Waals surface area (Å²) in [5.74, 6) is 0. The van der Waals surface area contributed by atoms with E-state index < -0.39 is 0 Å². The average Bonchev–Trinajstić information content (AvgIpc) is 2.32. The smallest absolute Gasteiger partial charge is 0.0254 e. The Kier molecular flexibility index (Phi) is 3.79. The highest BCUT2D eigenvalue weighted by Crippen LogP contribution is 2.31. The van der Waals surface area contributed by atoms with Gasteiger partial charge in [0.2, 0.25) is 0 Å². The average molecular weight is 341 g/mol. The Labute approximate surface area is 112 Å². The van der Waals surface area contributed by atoms with Crippen LogP contribution in [0.1, 0.15) is 5.56 Å². The number of hydrogen-bond acceptors (Lipinski definition) is 1. The van der Waals surface area contributed by atoms with E-state index in [2.05, 4.69) is 50.1 Å². The molecule has 0 aliphatic heterocycles. The molecule has 2 aromatic rings. The molecule has 0 aliphatic carbocycles. The Morgan fingerprint density at radius 1 is 1.00 bits per heavy atom. The molecule has 2 N–H and O–H groups in total. The van der Waals surface area contributed by atoms with E-state index in [1.165, 1.54) is 11.1 Å². The molecule has 82 valence electrons. The quantitative estimate of drug-likeness (QED) is 0.864. The molecule has 0 amide bonds. The van der Waals surface area contributed by atoms with Gasteiger partial charge in [-0.3, -0.25) is 0 Å². The molecule has 0 bridgehead atoms. The summed E-state index contributed by atoms with van der Waals surface area (Å²) in [4.78, 5) is 0. The first-order chi connectivity index (χ1) is 7.70. The van der Waals surface area contributed by atoms with Gasteiger partial charge in [-0.25, -0.2) is 0 Å². The minimum atomic E-state index is 0.569. The van der Waals surface area contributed by atoms with Gasteiger partial charge in [0, 0.05) is 15.5 Å². The summed E-state index contributed by atoms with van der Waals surface area (Å²) in [7, 11) is 0. The highest BCUT2D eigenvalue weighted by Gasteiger charge is 2.04. The van der Waals surface area contributed by atoms with Crippen molar-refractivity contribution < 1.29 is 0 Å². The van der Waals surface area contributed by atoms with Gasteiger partial charge in [-0.05, 0) is 41.0 Å². The molecule has 0 atom stereocenters. The Morgan fingerprint density at radius 3 is 2.56 bits per heavy atom. The van der Waals surface area contributed by atoms with Crippen molar-refractivity contribution in [3.05, 3.63) is 57.0 Å². The van der Waals surface area contributed by atoms with Crippen molar-refractivity contribution in [3.8, 4) is 11.1 Å². The Hall–Kier alpha value is -0.640. The molecule has 0 aliphatic rings. The van der Waals surface area contributed by atoms with E-state index in [1.807, 2.05) is 24.3 Å². The van der Waals surface area contributed by atoms with E-state index in [0.717, 1.165) is 14.5 Å². The fraction of sp³-hybridized carbons (Fsp3) is 0.0769. The van der Waals surface area contributed by atoms with Gasteiger partial charge >= 0.3 is 0 Å². The van der Waals surface area contributed by atoms with Crippen LogP contribution in [0.25, 0.3) is 11.1 Å². The van der Waals surface area contributed by atoms with E-state index in [9.17, 15) is 0 Å². The van der Waals surface area contributed by atoms with E-state index in [1.54, 1.807) is 0 Å². The molecule has 0 spiro atoms. The maximum absolute atomic E-state index is 5.64. The molecule has 16 heavy (non-hydrogen) atoms. The second-order valence-corrected chi connectivity index (χ2v) is 5.30. The molecule has 3 heteroatoms.